The quantitative estimate of drug-likeness (QED) is 0.839. The molecule has 0 aromatic carbocycles. The lowest BCUT2D eigenvalue weighted by Gasteiger charge is -2.21. The number of sulfonamides is 1. The fourth-order valence-corrected chi connectivity index (χ4v) is 2.50. The third-order valence-corrected chi connectivity index (χ3v) is 4.23. The van der Waals surface area contributed by atoms with Gasteiger partial charge in [-0.25, -0.2) is 13.4 Å². The van der Waals surface area contributed by atoms with Crippen LogP contribution in [0, 0.1) is 18.3 Å². The van der Waals surface area contributed by atoms with Gasteiger partial charge in [-0.3, -0.25) is 0 Å². The first-order valence-corrected chi connectivity index (χ1v) is 6.20. The molecule has 7 heteroatoms. The molecular formula is C9H14N4O2S. The lowest BCUT2D eigenvalue weighted by atomic mass is 10.3. The average molecular weight is 242 g/mol. The topological polar surface area (TPSA) is 89.8 Å². The van der Waals surface area contributed by atoms with Crippen molar-refractivity contribution in [2.24, 2.45) is 0 Å². The molecule has 0 amide bonds. The smallest absolute Gasteiger partial charge is 0.260 e. The van der Waals surface area contributed by atoms with E-state index in [1.54, 1.807) is 13.8 Å². The maximum Gasteiger partial charge on any atom is 0.260 e. The number of nitriles is 1. The Bertz CT molecular complexity index is 500. The van der Waals surface area contributed by atoms with Crippen LogP contribution in [0.5, 0.6) is 0 Å². The number of aromatic amines is 1. The molecule has 0 spiro atoms. The molecule has 1 aromatic heterocycles. The molecule has 0 saturated heterocycles. The first kappa shape index (κ1) is 12.7. The molecule has 1 heterocycles. The van der Waals surface area contributed by atoms with Crippen LogP contribution in [0.2, 0.25) is 0 Å². The van der Waals surface area contributed by atoms with Crippen molar-refractivity contribution in [2.45, 2.75) is 31.3 Å². The van der Waals surface area contributed by atoms with Crippen molar-refractivity contribution in [3.05, 3.63) is 12.0 Å². The van der Waals surface area contributed by atoms with E-state index in [-0.39, 0.29) is 17.5 Å². The summed E-state index contributed by atoms with van der Waals surface area (Å²) in [5.74, 6) is 0.542. The van der Waals surface area contributed by atoms with Crippen molar-refractivity contribution >= 4 is 10.0 Å². The number of nitrogens with zero attached hydrogens (tertiary/aromatic N) is 3. The zero-order valence-corrected chi connectivity index (χ0v) is 10.2. The summed E-state index contributed by atoms with van der Waals surface area (Å²) in [7, 11) is -2.12. The number of imidazole rings is 1. The Morgan fingerprint density at radius 3 is 2.75 bits per heavy atom. The molecule has 0 aliphatic heterocycles. The van der Waals surface area contributed by atoms with E-state index in [9.17, 15) is 8.42 Å². The molecule has 1 rings (SSSR count). The highest BCUT2D eigenvalue weighted by Gasteiger charge is 2.26. The van der Waals surface area contributed by atoms with Gasteiger partial charge in [0.25, 0.3) is 10.0 Å². The number of aromatic nitrogens is 2. The van der Waals surface area contributed by atoms with Crippen molar-refractivity contribution in [1.82, 2.24) is 14.3 Å². The van der Waals surface area contributed by atoms with Gasteiger partial charge in [-0.2, -0.15) is 9.57 Å². The van der Waals surface area contributed by atoms with Crippen LogP contribution < -0.4 is 0 Å². The summed E-state index contributed by atoms with van der Waals surface area (Å²) in [5.41, 5.74) is 0. The molecule has 0 aliphatic carbocycles. The fraction of sp³-hybridized carbons (Fsp3) is 0.556. The minimum absolute atomic E-state index is 0.0530. The van der Waals surface area contributed by atoms with Gasteiger partial charge in [0.15, 0.2) is 5.03 Å². The number of rotatable bonds is 4. The van der Waals surface area contributed by atoms with E-state index in [4.69, 9.17) is 5.26 Å². The zero-order chi connectivity index (χ0) is 12.3. The maximum absolute atomic E-state index is 12.0. The third-order valence-electron chi connectivity index (χ3n) is 2.34. The molecule has 1 unspecified atom stereocenters. The monoisotopic (exact) mass is 242 g/mol. The molecule has 0 bridgehead atoms. The lowest BCUT2D eigenvalue weighted by Crippen LogP contribution is -2.35. The van der Waals surface area contributed by atoms with E-state index in [1.165, 1.54) is 17.5 Å². The van der Waals surface area contributed by atoms with Crippen LogP contribution in [-0.2, 0) is 10.0 Å². The normalized spacial score (nSPS) is 13.7. The third kappa shape index (κ3) is 2.40. The van der Waals surface area contributed by atoms with Gasteiger partial charge in [-0.1, -0.05) is 0 Å². The van der Waals surface area contributed by atoms with E-state index in [2.05, 4.69) is 9.97 Å². The van der Waals surface area contributed by atoms with Crippen LogP contribution >= 0.6 is 0 Å². The first-order valence-electron chi connectivity index (χ1n) is 4.76. The van der Waals surface area contributed by atoms with Crippen LogP contribution in [0.4, 0.5) is 0 Å². The van der Waals surface area contributed by atoms with Crippen molar-refractivity contribution in [3.8, 4) is 6.07 Å². The van der Waals surface area contributed by atoms with Crippen LogP contribution in [0.15, 0.2) is 11.2 Å². The van der Waals surface area contributed by atoms with Gasteiger partial charge in [0, 0.05) is 13.1 Å². The lowest BCUT2D eigenvalue weighted by molar-refractivity contribution is 0.391. The van der Waals surface area contributed by atoms with Crippen molar-refractivity contribution in [3.63, 3.8) is 0 Å². The number of aryl methyl sites for hydroxylation is 1. The Balaban J connectivity index is 2.99. The predicted octanol–water partition coefficient (Wildman–Crippen LogP) is 0.641. The second-order valence-corrected chi connectivity index (χ2v) is 5.53. The minimum atomic E-state index is -3.58. The number of hydrogen-bond acceptors (Lipinski definition) is 4. The van der Waals surface area contributed by atoms with Gasteiger partial charge in [0.2, 0.25) is 0 Å². The molecular weight excluding hydrogens is 228 g/mol. The molecule has 1 N–H and O–H groups in total. The standard InChI is InChI=1S/C9H14N4O2S/c1-7(4-5-10)13(3)16(14,15)9-6-11-8(2)12-9/h6-7H,4H2,1-3H3,(H,11,12). The van der Waals surface area contributed by atoms with E-state index < -0.39 is 10.0 Å². The van der Waals surface area contributed by atoms with Crippen molar-refractivity contribution < 1.29 is 8.42 Å². The summed E-state index contributed by atoms with van der Waals surface area (Å²) in [5, 5.41) is 8.59. The highest BCUT2D eigenvalue weighted by molar-refractivity contribution is 7.89. The van der Waals surface area contributed by atoms with Crippen LogP contribution in [0.3, 0.4) is 0 Å². The number of nitrogens with one attached hydrogen (secondary N) is 1. The summed E-state index contributed by atoms with van der Waals surface area (Å²) in [6.07, 6.45) is 1.43. The van der Waals surface area contributed by atoms with Gasteiger partial charge in [-0.15, -0.1) is 0 Å². The van der Waals surface area contributed by atoms with Gasteiger partial charge < -0.3 is 4.98 Å². The summed E-state index contributed by atoms with van der Waals surface area (Å²) in [6, 6.07) is 1.58. The molecule has 1 atom stereocenters. The molecule has 6 nitrogen and oxygen atoms in total. The molecule has 0 radical (unpaired) electrons. The van der Waals surface area contributed by atoms with E-state index in [1.807, 2.05) is 6.07 Å². The SMILES string of the molecule is Cc1ncc(S(=O)(=O)N(C)C(C)CC#N)[nH]1. The predicted molar refractivity (Wildman–Crippen MR) is 58.0 cm³/mol. The van der Waals surface area contributed by atoms with Crippen molar-refractivity contribution in [1.29, 1.82) is 5.26 Å². The highest BCUT2D eigenvalue weighted by atomic mass is 32.2. The first-order chi connectivity index (χ1) is 7.39. The second kappa shape index (κ2) is 4.63. The van der Waals surface area contributed by atoms with Crippen LogP contribution in [0.25, 0.3) is 0 Å². The molecule has 0 aliphatic rings. The largest absolute Gasteiger partial charge is 0.332 e. The van der Waals surface area contributed by atoms with Gasteiger partial charge in [-0.05, 0) is 13.8 Å². The molecule has 16 heavy (non-hydrogen) atoms. The average Bonchev–Trinajstić information content (AvgIpc) is 2.64. The molecule has 88 valence electrons. The van der Waals surface area contributed by atoms with Gasteiger partial charge in [0.1, 0.15) is 5.82 Å². The van der Waals surface area contributed by atoms with E-state index in [0.29, 0.717) is 5.82 Å². The summed E-state index contributed by atoms with van der Waals surface area (Å²) in [6.45, 7) is 3.36. The van der Waals surface area contributed by atoms with Crippen molar-refractivity contribution in [2.75, 3.05) is 7.05 Å². The van der Waals surface area contributed by atoms with Gasteiger partial charge >= 0.3 is 0 Å². The Kier molecular flexibility index (Phi) is 3.67. The maximum atomic E-state index is 12.0. The Hall–Kier alpha value is -1.39. The fourth-order valence-electron chi connectivity index (χ4n) is 1.18. The van der Waals surface area contributed by atoms with E-state index >= 15 is 0 Å². The zero-order valence-electron chi connectivity index (χ0n) is 9.43. The Morgan fingerprint density at radius 1 is 1.69 bits per heavy atom. The summed E-state index contributed by atoms with van der Waals surface area (Å²) in [4.78, 5) is 6.51. The molecule has 0 saturated carbocycles. The Labute approximate surface area is 95.0 Å². The summed E-state index contributed by atoms with van der Waals surface area (Å²) >= 11 is 0. The Morgan fingerprint density at radius 2 is 2.31 bits per heavy atom. The second-order valence-electron chi connectivity index (χ2n) is 3.57. The minimum Gasteiger partial charge on any atom is -0.332 e. The number of H-pyrrole nitrogens is 1. The number of hydrogen-bond donors (Lipinski definition) is 1. The van der Waals surface area contributed by atoms with Gasteiger partial charge in [0.05, 0.1) is 18.7 Å². The molecule has 0 fully saturated rings. The van der Waals surface area contributed by atoms with Crippen LogP contribution in [0.1, 0.15) is 19.2 Å². The highest BCUT2D eigenvalue weighted by Crippen LogP contribution is 2.15. The summed E-state index contributed by atoms with van der Waals surface area (Å²) < 4.78 is 25.2. The molecule has 1 aromatic rings. The van der Waals surface area contributed by atoms with Crippen LogP contribution in [-0.4, -0.2) is 35.8 Å². The van der Waals surface area contributed by atoms with E-state index in [0.717, 1.165) is 0 Å².